The second kappa shape index (κ2) is 5.95. The van der Waals surface area contributed by atoms with E-state index in [1.807, 2.05) is 36.9 Å². The lowest BCUT2D eigenvalue weighted by Gasteiger charge is -2.30. The molecule has 1 unspecified atom stereocenters. The summed E-state index contributed by atoms with van der Waals surface area (Å²) in [6, 6.07) is 5.61. The summed E-state index contributed by atoms with van der Waals surface area (Å²) in [5.41, 5.74) is 8.62. The molecule has 0 bridgehead atoms. The monoisotopic (exact) mass is 261 g/mol. The van der Waals surface area contributed by atoms with Crippen molar-refractivity contribution in [3.63, 3.8) is 0 Å². The average Bonchev–Trinajstić information content (AvgIpc) is 2.44. The third kappa shape index (κ3) is 3.19. The zero-order valence-corrected chi connectivity index (χ0v) is 11.8. The molecular weight excluding hydrogens is 238 g/mol. The van der Waals surface area contributed by atoms with Crippen LogP contribution in [0.2, 0.25) is 0 Å². The summed E-state index contributed by atoms with van der Waals surface area (Å²) in [6.07, 6.45) is 3.46. The number of likely N-dealkylation sites (tertiary alicyclic amines) is 1. The van der Waals surface area contributed by atoms with E-state index >= 15 is 0 Å². The second-order valence-corrected chi connectivity index (χ2v) is 5.29. The SMILES string of the molecule is Cc1cccc(NC(C)C(=O)N2CCCCC2)c1N. The Morgan fingerprint density at radius 3 is 2.68 bits per heavy atom. The number of nitrogens with one attached hydrogen (secondary N) is 1. The Kier molecular flexibility index (Phi) is 4.30. The minimum Gasteiger partial charge on any atom is -0.397 e. The van der Waals surface area contributed by atoms with Gasteiger partial charge in [-0.1, -0.05) is 12.1 Å². The summed E-state index contributed by atoms with van der Waals surface area (Å²) in [7, 11) is 0. The van der Waals surface area contributed by atoms with Crippen LogP contribution < -0.4 is 11.1 Å². The first kappa shape index (κ1) is 13.7. The standard InChI is InChI=1S/C15H23N3O/c1-11-7-6-8-13(14(11)16)17-12(2)15(19)18-9-4-3-5-10-18/h6-8,12,17H,3-5,9-10,16H2,1-2H3. The molecule has 1 aliphatic heterocycles. The van der Waals surface area contributed by atoms with Crippen LogP contribution in [0.15, 0.2) is 18.2 Å². The summed E-state index contributed by atoms with van der Waals surface area (Å²) in [4.78, 5) is 14.3. The van der Waals surface area contributed by atoms with Crippen LogP contribution in [0.25, 0.3) is 0 Å². The van der Waals surface area contributed by atoms with Crippen LogP contribution in [0.1, 0.15) is 31.7 Å². The molecule has 19 heavy (non-hydrogen) atoms. The highest BCUT2D eigenvalue weighted by Crippen LogP contribution is 2.23. The van der Waals surface area contributed by atoms with Gasteiger partial charge in [-0.2, -0.15) is 0 Å². The van der Waals surface area contributed by atoms with Gasteiger partial charge in [-0.15, -0.1) is 0 Å². The third-order valence-corrected chi connectivity index (χ3v) is 3.73. The largest absolute Gasteiger partial charge is 0.397 e. The molecule has 3 N–H and O–H groups in total. The minimum absolute atomic E-state index is 0.167. The molecule has 1 saturated heterocycles. The van der Waals surface area contributed by atoms with Crippen molar-refractivity contribution in [1.29, 1.82) is 0 Å². The van der Waals surface area contributed by atoms with Gasteiger partial charge in [0.15, 0.2) is 0 Å². The number of nitrogens with zero attached hydrogens (tertiary/aromatic N) is 1. The summed E-state index contributed by atoms with van der Waals surface area (Å²) < 4.78 is 0. The van der Waals surface area contributed by atoms with E-state index in [0.717, 1.165) is 42.9 Å². The van der Waals surface area contributed by atoms with Gasteiger partial charge in [0.25, 0.3) is 0 Å². The molecule has 0 saturated carbocycles. The molecule has 4 nitrogen and oxygen atoms in total. The van der Waals surface area contributed by atoms with Crippen LogP contribution in [0.5, 0.6) is 0 Å². The first-order chi connectivity index (χ1) is 9.09. The number of hydrogen-bond donors (Lipinski definition) is 2. The fourth-order valence-corrected chi connectivity index (χ4v) is 2.49. The van der Waals surface area contributed by atoms with E-state index in [-0.39, 0.29) is 11.9 Å². The Bertz CT molecular complexity index is 453. The Labute approximate surface area is 115 Å². The smallest absolute Gasteiger partial charge is 0.244 e. The summed E-state index contributed by atoms with van der Waals surface area (Å²) >= 11 is 0. The number of aryl methyl sites for hydroxylation is 1. The Balaban J connectivity index is 2.01. The summed E-state index contributed by atoms with van der Waals surface area (Å²) in [6.45, 7) is 5.64. The molecule has 1 aliphatic rings. The van der Waals surface area contributed by atoms with E-state index in [9.17, 15) is 4.79 Å². The van der Waals surface area contributed by atoms with Gasteiger partial charge in [0.05, 0.1) is 11.4 Å². The molecule has 0 aliphatic carbocycles. The van der Waals surface area contributed by atoms with Gasteiger partial charge in [-0.3, -0.25) is 4.79 Å². The molecule has 1 amide bonds. The molecule has 2 rings (SSSR count). The Morgan fingerprint density at radius 2 is 2.00 bits per heavy atom. The maximum absolute atomic E-state index is 12.3. The molecule has 1 aromatic rings. The number of hydrogen-bond acceptors (Lipinski definition) is 3. The third-order valence-electron chi connectivity index (χ3n) is 3.73. The van der Waals surface area contributed by atoms with Crippen LogP contribution >= 0.6 is 0 Å². The van der Waals surface area contributed by atoms with E-state index in [4.69, 9.17) is 5.73 Å². The van der Waals surface area contributed by atoms with Crippen molar-refractivity contribution in [2.24, 2.45) is 0 Å². The lowest BCUT2D eigenvalue weighted by molar-refractivity contribution is -0.132. The molecule has 1 fully saturated rings. The number of carbonyl (C=O) groups excluding carboxylic acids is 1. The number of piperidine rings is 1. The van der Waals surface area contributed by atoms with Crippen LogP contribution in [0.4, 0.5) is 11.4 Å². The van der Waals surface area contributed by atoms with E-state index in [1.54, 1.807) is 0 Å². The molecular formula is C15H23N3O. The van der Waals surface area contributed by atoms with Gasteiger partial charge in [-0.25, -0.2) is 0 Å². The number of anilines is 2. The Hall–Kier alpha value is -1.71. The highest BCUT2D eigenvalue weighted by Gasteiger charge is 2.22. The number of benzene rings is 1. The van der Waals surface area contributed by atoms with Gasteiger partial charge in [0, 0.05) is 13.1 Å². The maximum Gasteiger partial charge on any atom is 0.244 e. The molecule has 1 aromatic carbocycles. The topological polar surface area (TPSA) is 58.4 Å². The van der Waals surface area contributed by atoms with Gasteiger partial charge in [-0.05, 0) is 44.7 Å². The lowest BCUT2D eigenvalue weighted by atomic mass is 10.1. The average molecular weight is 261 g/mol. The quantitative estimate of drug-likeness (QED) is 0.821. The predicted molar refractivity (Wildman–Crippen MR) is 79.1 cm³/mol. The first-order valence-electron chi connectivity index (χ1n) is 7.00. The molecule has 0 radical (unpaired) electrons. The number of amides is 1. The molecule has 104 valence electrons. The van der Waals surface area contributed by atoms with Crippen molar-refractivity contribution in [1.82, 2.24) is 4.90 Å². The van der Waals surface area contributed by atoms with Gasteiger partial charge in [0.1, 0.15) is 6.04 Å². The summed E-state index contributed by atoms with van der Waals surface area (Å²) in [5.74, 6) is 0.167. The fraction of sp³-hybridized carbons (Fsp3) is 0.533. The number of nitrogen functional groups attached to an aromatic ring is 1. The van der Waals surface area contributed by atoms with Gasteiger partial charge < -0.3 is 16.0 Å². The number of para-hydroxylation sites is 1. The lowest BCUT2D eigenvalue weighted by Crippen LogP contribution is -2.44. The van der Waals surface area contributed by atoms with Gasteiger partial charge in [0.2, 0.25) is 5.91 Å². The predicted octanol–water partition coefficient (Wildman–Crippen LogP) is 2.39. The molecule has 4 heteroatoms. The van der Waals surface area contributed by atoms with E-state index in [0.29, 0.717) is 0 Å². The van der Waals surface area contributed by atoms with Gasteiger partial charge >= 0.3 is 0 Å². The maximum atomic E-state index is 12.3. The first-order valence-corrected chi connectivity index (χ1v) is 7.00. The number of carbonyl (C=O) groups is 1. The van der Waals surface area contributed by atoms with E-state index in [1.165, 1.54) is 6.42 Å². The van der Waals surface area contributed by atoms with Crippen molar-refractivity contribution < 1.29 is 4.79 Å². The fourth-order valence-electron chi connectivity index (χ4n) is 2.49. The number of nitrogens with two attached hydrogens (primary N) is 1. The minimum atomic E-state index is -0.234. The van der Waals surface area contributed by atoms with Crippen molar-refractivity contribution in [2.75, 3.05) is 24.1 Å². The van der Waals surface area contributed by atoms with Crippen molar-refractivity contribution in [2.45, 2.75) is 39.2 Å². The highest BCUT2D eigenvalue weighted by molar-refractivity contribution is 5.86. The van der Waals surface area contributed by atoms with Crippen molar-refractivity contribution in [3.05, 3.63) is 23.8 Å². The molecule has 0 aromatic heterocycles. The van der Waals surface area contributed by atoms with E-state index in [2.05, 4.69) is 5.32 Å². The van der Waals surface area contributed by atoms with Crippen LogP contribution in [0.3, 0.4) is 0 Å². The zero-order valence-electron chi connectivity index (χ0n) is 11.8. The van der Waals surface area contributed by atoms with Crippen LogP contribution in [0, 0.1) is 6.92 Å². The second-order valence-electron chi connectivity index (χ2n) is 5.29. The number of rotatable bonds is 3. The van der Waals surface area contributed by atoms with E-state index < -0.39 is 0 Å². The molecule has 1 heterocycles. The molecule has 1 atom stereocenters. The van der Waals surface area contributed by atoms with Crippen LogP contribution in [-0.2, 0) is 4.79 Å². The van der Waals surface area contributed by atoms with Crippen LogP contribution in [-0.4, -0.2) is 29.9 Å². The van der Waals surface area contributed by atoms with Crippen molar-refractivity contribution >= 4 is 17.3 Å². The zero-order chi connectivity index (χ0) is 13.8. The molecule has 0 spiro atoms. The Morgan fingerprint density at radius 1 is 1.32 bits per heavy atom. The highest BCUT2D eigenvalue weighted by atomic mass is 16.2. The summed E-state index contributed by atoms with van der Waals surface area (Å²) in [5, 5.41) is 3.23. The van der Waals surface area contributed by atoms with Crippen molar-refractivity contribution in [3.8, 4) is 0 Å². The normalized spacial score (nSPS) is 17.1.